The van der Waals surface area contributed by atoms with Crippen LogP contribution in [0.15, 0.2) is 73.1 Å². The van der Waals surface area contributed by atoms with Crippen molar-refractivity contribution < 1.29 is 29.2 Å². The lowest BCUT2D eigenvalue weighted by Gasteiger charge is -2.15. The third-order valence-electron chi connectivity index (χ3n) is 6.09. The predicted molar refractivity (Wildman–Crippen MR) is 153 cm³/mol. The molecule has 0 bridgehead atoms. The van der Waals surface area contributed by atoms with Crippen LogP contribution in [0.2, 0.25) is 0 Å². The Morgan fingerprint density at radius 1 is 0.800 bits per heavy atom. The molecule has 0 saturated heterocycles. The van der Waals surface area contributed by atoms with Crippen molar-refractivity contribution in [1.82, 2.24) is 9.97 Å². The van der Waals surface area contributed by atoms with Gasteiger partial charge in [0, 0.05) is 47.0 Å². The molecular formula is C30H30N4O6. The zero-order chi connectivity index (χ0) is 28.5. The molecule has 0 unspecified atom stereocenters. The molecule has 4 rings (SSSR count). The second-order valence-electron chi connectivity index (χ2n) is 8.49. The van der Waals surface area contributed by atoms with E-state index in [-0.39, 0.29) is 19.0 Å². The van der Waals surface area contributed by atoms with E-state index >= 15 is 0 Å². The molecule has 40 heavy (non-hydrogen) atoms. The number of methoxy groups -OCH3 is 3. The van der Waals surface area contributed by atoms with Crippen molar-refractivity contribution in [3.05, 3.63) is 95.3 Å². The minimum absolute atomic E-state index is 0.280. The monoisotopic (exact) mass is 542 g/mol. The molecule has 4 aromatic rings. The summed E-state index contributed by atoms with van der Waals surface area (Å²) in [5, 5.41) is 25.8. The number of aromatic nitrogens is 2. The van der Waals surface area contributed by atoms with Gasteiger partial charge >= 0.3 is 0 Å². The standard InChI is InChI=1S/C30H30N4O6/c1-38-26-11-9-21(15-28(26)40-3)33-29-19(6-4-12-31-29)8-10-25(37)23-7-5-13-32-30(23)34-22-14-20(17-35)24(18-36)27(16-22)39-2/h4-16,35-36H,17-18H2,1-3H3,(H,31,33)(H,32,34). The first-order valence-corrected chi connectivity index (χ1v) is 12.3. The maximum Gasteiger partial charge on any atom is 0.189 e. The van der Waals surface area contributed by atoms with Crippen LogP contribution in [0.3, 0.4) is 0 Å². The van der Waals surface area contributed by atoms with Crippen molar-refractivity contribution in [2.75, 3.05) is 32.0 Å². The van der Waals surface area contributed by atoms with Crippen LogP contribution in [0.1, 0.15) is 27.0 Å². The van der Waals surface area contributed by atoms with E-state index in [4.69, 9.17) is 14.2 Å². The quantitative estimate of drug-likeness (QED) is 0.145. The van der Waals surface area contributed by atoms with E-state index in [2.05, 4.69) is 20.6 Å². The Bertz CT molecular complexity index is 1500. The van der Waals surface area contributed by atoms with Gasteiger partial charge in [-0.2, -0.15) is 0 Å². The molecule has 206 valence electrons. The highest BCUT2D eigenvalue weighted by Gasteiger charge is 2.15. The molecule has 0 amide bonds. The fourth-order valence-corrected chi connectivity index (χ4v) is 4.08. The highest BCUT2D eigenvalue weighted by molar-refractivity contribution is 6.10. The number of anilines is 4. The first-order chi connectivity index (χ1) is 19.5. The normalized spacial score (nSPS) is 10.8. The molecule has 4 N–H and O–H groups in total. The number of ether oxygens (including phenoxy) is 3. The molecule has 0 fully saturated rings. The van der Waals surface area contributed by atoms with E-state index in [0.717, 1.165) is 5.69 Å². The van der Waals surface area contributed by atoms with Crippen molar-refractivity contribution in [1.29, 1.82) is 0 Å². The Labute approximate surface area is 231 Å². The Balaban J connectivity index is 1.58. The Morgan fingerprint density at radius 3 is 2.17 bits per heavy atom. The number of nitrogens with zero attached hydrogens (tertiary/aromatic N) is 2. The first-order valence-electron chi connectivity index (χ1n) is 12.3. The molecule has 2 aromatic carbocycles. The van der Waals surface area contributed by atoms with Crippen LogP contribution in [-0.2, 0) is 13.2 Å². The van der Waals surface area contributed by atoms with Crippen molar-refractivity contribution in [3.63, 3.8) is 0 Å². The van der Waals surface area contributed by atoms with Crippen LogP contribution < -0.4 is 24.8 Å². The van der Waals surface area contributed by atoms with E-state index in [1.165, 1.54) is 13.2 Å². The van der Waals surface area contributed by atoms with E-state index in [9.17, 15) is 15.0 Å². The average Bonchev–Trinajstić information content (AvgIpc) is 3.00. The van der Waals surface area contributed by atoms with Gasteiger partial charge in [-0.25, -0.2) is 9.97 Å². The van der Waals surface area contributed by atoms with Crippen LogP contribution in [0, 0.1) is 0 Å². The lowest BCUT2D eigenvalue weighted by atomic mass is 10.1. The van der Waals surface area contributed by atoms with Crippen LogP contribution in [0.4, 0.5) is 23.0 Å². The van der Waals surface area contributed by atoms with E-state index in [1.807, 2.05) is 12.1 Å². The smallest absolute Gasteiger partial charge is 0.189 e. The zero-order valence-corrected chi connectivity index (χ0v) is 22.3. The third-order valence-corrected chi connectivity index (χ3v) is 6.09. The summed E-state index contributed by atoms with van der Waals surface area (Å²) in [6.07, 6.45) is 6.36. The second kappa shape index (κ2) is 13.2. The summed E-state index contributed by atoms with van der Waals surface area (Å²) in [4.78, 5) is 22.0. The topological polar surface area (TPSA) is 135 Å². The molecule has 0 radical (unpaired) electrons. The summed E-state index contributed by atoms with van der Waals surface area (Å²) in [6, 6.07) is 15.7. The predicted octanol–water partition coefficient (Wildman–Crippen LogP) is 4.87. The van der Waals surface area contributed by atoms with Crippen LogP contribution in [0.25, 0.3) is 6.08 Å². The molecule has 0 atom stereocenters. The molecule has 0 spiro atoms. The summed E-state index contributed by atoms with van der Waals surface area (Å²) in [7, 11) is 4.62. The third kappa shape index (κ3) is 6.37. The molecule has 0 aliphatic carbocycles. The lowest BCUT2D eigenvalue weighted by Crippen LogP contribution is -2.05. The fourth-order valence-electron chi connectivity index (χ4n) is 4.08. The molecule has 10 nitrogen and oxygen atoms in total. The van der Waals surface area contributed by atoms with Crippen molar-refractivity contribution in [2.24, 2.45) is 0 Å². The number of hydrogen-bond donors (Lipinski definition) is 4. The Hall–Kier alpha value is -4.93. The van der Waals surface area contributed by atoms with Crippen molar-refractivity contribution in [3.8, 4) is 17.2 Å². The molecular weight excluding hydrogens is 512 g/mol. The largest absolute Gasteiger partial charge is 0.496 e. The summed E-state index contributed by atoms with van der Waals surface area (Å²) in [5.74, 6) is 2.19. The number of carbonyl (C=O) groups is 1. The highest BCUT2D eigenvalue weighted by Crippen LogP contribution is 2.32. The van der Waals surface area contributed by atoms with E-state index in [0.29, 0.717) is 56.8 Å². The molecule has 2 heterocycles. The number of aliphatic hydroxyl groups is 2. The molecule has 0 aliphatic rings. The summed E-state index contributed by atoms with van der Waals surface area (Å²) in [5.41, 5.74) is 3.31. The van der Waals surface area contributed by atoms with Crippen molar-refractivity contribution in [2.45, 2.75) is 13.2 Å². The molecule has 0 saturated carbocycles. The van der Waals surface area contributed by atoms with Gasteiger partial charge in [0.2, 0.25) is 0 Å². The fraction of sp³-hybridized carbons (Fsp3) is 0.167. The summed E-state index contributed by atoms with van der Waals surface area (Å²) >= 11 is 0. The SMILES string of the molecule is COc1ccc(Nc2ncccc2C=CC(=O)c2cccnc2Nc2cc(CO)c(CO)c(OC)c2)cc1OC. The van der Waals surface area contributed by atoms with Crippen LogP contribution in [-0.4, -0.2) is 47.3 Å². The minimum atomic E-state index is -0.288. The van der Waals surface area contributed by atoms with Gasteiger partial charge in [-0.15, -0.1) is 0 Å². The lowest BCUT2D eigenvalue weighted by molar-refractivity contribution is 0.104. The highest BCUT2D eigenvalue weighted by atomic mass is 16.5. The van der Waals surface area contributed by atoms with Gasteiger partial charge in [0.15, 0.2) is 17.3 Å². The average molecular weight is 543 g/mol. The summed E-state index contributed by atoms with van der Waals surface area (Å²) < 4.78 is 16.0. The second-order valence-corrected chi connectivity index (χ2v) is 8.49. The summed E-state index contributed by atoms with van der Waals surface area (Å²) in [6.45, 7) is -0.571. The van der Waals surface area contributed by atoms with Gasteiger partial charge in [0.1, 0.15) is 17.4 Å². The van der Waals surface area contributed by atoms with Gasteiger partial charge in [-0.05, 0) is 60.2 Å². The van der Waals surface area contributed by atoms with Gasteiger partial charge in [0.05, 0.1) is 40.1 Å². The van der Waals surface area contributed by atoms with Gasteiger partial charge < -0.3 is 35.1 Å². The van der Waals surface area contributed by atoms with Gasteiger partial charge in [-0.1, -0.05) is 0 Å². The first kappa shape index (κ1) is 28.1. The Kier molecular flexibility index (Phi) is 9.29. The van der Waals surface area contributed by atoms with E-state index in [1.54, 1.807) is 75.2 Å². The number of aliphatic hydroxyl groups excluding tert-OH is 2. The molecule has 0 aliphatic heterocycles. The van der Waals surface area contributed by atoms with Crippen molar-refractivity contribution >= 4 is 34.9 Å². The Morgan fingerprint density at radius 2 is 1.48 bits per heavy atom. The number of hydrogen-bond acceptors (Lipinski definition) is 10. The number of nitrogens with one attached hydrogen (secondary N) is 2. The minimum Gasteiger partial charge on any atom is -0.496 e. The zero-order valence-electron chi connectivity index (χ0n) is 22.3. The van der Waals surface area contributed by atoms with Crippen LogP contribution in [0.5, 0.6) is 17.2 Å². The molecule has 2 aromatic heterocycles. The van der Waals surface area contributed by atoms with Gasteiger partial charge in [-0.3, -0.25) is 4.79 Å². The number of benzene rings is 2. The maximum atomic E-state index is 13.3. The number of pyridine rings is 2. The van der Waals surface area contributed by atoms with E-state index < -0.39 is 0 Å². The number of rotatable bonds is 12. The molecule has 10 heteroatoms. The van der Waals surface area contributed by atoms with Crippen LogP contribution >= 0.6 is 0 Å². The maximum absolute atomic E-state index is 13.3. The van der Waals surface area contributed by atoms with Gasteiger partial charge in [0.25, 0.3) is 0 Å². The number of allylic oxidation sites excluding steroid dienone is 1. The number of carbonyl (C=O) groups excluding carboxylic acids is 1. The number of ketones is 1.